The molecule has 6 nitrogen and oxygen atoms in total. The Bertz CT molecular complexity index is 347. The highest BCUT2D eigenvalue weighted by atomic mass is 15.5. The zero-order valence-electron chi connectivity index (χ0n) is 9.53. The molecule has 1 saturated heterocycles. The molecule has 1 aromatic rings. The number of hydrazine groups is 1. The van der Waals surface area contributed by atoms with Gasteiger partial charge in [0.15, 0.2) is 0 Å². The molecule has 1 fully saturated rings. The van der Waals surface area contributed by atoms with E-state index >= 15 is 0 Å². The molecule has 0 radical (unpaired) electrons. The Kier molecular flexibility index (Phi) is 3.40. The van der Waals surface area contributed by atoms with Crippen molar-refractivity contribution in [3.8, 4) is 0 Å². The van der Waals surface area contributed by atoms with Gasteiger partial charge in [-0.15, -0.1) is 0 Å². The summed E-state index contributed by atoms with van der Waals surface area (Å²) in [5, 5.41) is 5.13. The van der Waals surface area contributed by atoms with Gasteiger partial charge < -0.3 is 16.5 Å². The van der Waals surface area contributed by atoms with Gasteiger partial charge in [-0.3, -0.25) is 0 Å². The van der Waals surface area contributed by atoms with Gasteiger partial charge in [0.2, 0.25) is 5.95 Å². The SMILES string of the molecule is CNc1cc(NN2CCCCC2)nc(N)n1. The predicted molar refractivity (Wildman–Crippen MR) is 65.0 cm³/mol. The van der Waals surface area contributed by atoms with Gasteiger partial charge in [0.05, 0.1) is 0 Å². The van der Waals surface area contributed by atoms with E-state index in [9.17, 15) is 0 Å². The molecular formula is C10H18N6. The normalized spacial score (nSPS) is 17.1. The lowest BCUT2D eigenvalue weighted by atomic mass is 10.2. The zero-order valence-corrected chi connectivity index (χ0v) is 9.53. The fourth-order valence-electron chi connectivity index (χ4n) is 1.82. The maximum absolute atomic E-state index is 5.62. The van der Waals surface area contributed by atoms with Gasteiger partial charge in [-0.2, -0.15) is 9.97 Å². The number of hydrogen-bond donors (Lipinski definition) is 3. The summed E-state index contributed by atoms with van der Waals surface area (Å²) >= 11 is 0. The molecule has 2 heterocycles. The van der Waals surface area contributed by atoms with Crippen molar-refractivity contribution in [3.05, 3.63) is 6.07 Å². The van der Waals surface area contributed by atoms with Crippen LogP contribution in [0.5, 0.6) is 0 Å². The summed E-state index contributed by atoms with van der Waals surface area (Å²) in [5.41, 5.74) is 8.88. The highest BCUT2D eigenvalue weighted by Crippen LogP contribution is 2.15. The monoisotopic (exact) mass is 222 g/mol. The minimum Gasteiger partial charge on any atom is -0.373 e. The molecule has 1 aromatic heterocycles. The van der Waals surface area contributed by atoms with Crippen LogP contribution in [0.2, 0.25) is 0 Å². The number of nitrogens with two attached hydrogens (primary N) is 1. The van der Waals surface area contributed by atoms with E-state index in [0.29, 0.717) is 0 Å². The fraction of sp³-hybridized carbons (Fsp3) is 0.600. The molecule has 16 heavy (non-hydrogen) atoms. The van der Waals surface area contributed by atoms with Crippen LogP contribution in [0.4, 0.5) is 17.6 Å². The summed E-state index contributed by atoms with van der Waals surface area (Å²) in [4.78, 5) is 8.19. The van der Waals surface area contributed by atoms with E-state index in [1.165, 1.54) is 19.3 Å². The molecule has 0 atom stereocenters. The number of aromatic nitrogens is 2. The largest absolute Gasteiger partial charge is 0.373 e. The second kappa shape index (κ2) is 4.98. The van der Waals surface area contributed by atoms with Gasteiger partial charge in [-0.25, -0.2) is 5.01 Å². The van der Waals surface area contributed by atoms with E-state index in [4.69, 9.17) is 5.73 Å². The van der Waals surface area contributed by atoms with Crippen molar-refractivity contribution in [2.45, 2.75) is 19.3 Å². The number of anilines is 3. The smallest absolute Gasteiger partial charge is 0.223 e. The molecule has 88 valence electrons. The first-order valence-corrected chi connectivity index (χ1v) is 5.62. The van der Waals surface area contributed by atoms with E-state index in [1.807, 2.05) is 13.1 Å². The predicted octanol–water partition coefficient (Wildman–Crippen LogP) is 0.913. The number of hydrogen-bond acceptors (Lipinski definition) is 6. The molecule has 0 amide bonds. The molecule has 0 unspecified atom stereocenters. The summed E-state index contributed by atoms with van der Waals surface area (Å²) < 4.78 is 0. The summed E-state index contributed by atoms with van der Waals surface area (Å²) in [5.74, 6) is 1.76. The molecule has 2 rings (SSSR count). The van der Waals surface area contributed by atoms with Crippen LogP contribution in [-0.4, -0.2) is 35.1 Å². The molecule has 0 spiro atoms. The Balaban J connectivity index is 2.04. The van der Waals surface area contributed by atoms with Crippen LogP contribution in [0, 0.1) is 0 Å². The molecule has 1 aliphatic heterocycles. The van der Waals surface area contributed by atoms with E-state index in [1.54, 1.807) is 0 Å². The first-order valence-electron chi connectivity index (χ1n) is 5.62. The number of piperidine rings is 1. The van der Waals surface area contributed by atoms with E-state index < -0.39 is 0 Å². The first-order chi connectivity index (χ1) is 7.78. The Labute approximate surface area is 95.2 Å². The van der Waals surface area contributed by atoms with Crippen LogP contribution in [0.1, 0.15) is 19.3 Å². The fourth-order valence-corrected chi connectivity index (χ4v) is 1.82. The lowest BCUT2D eigenvalue weighted by molar-refractivity contribution is 0.272. The van der Waals surface area contributed by atoms with Gasteiger partial charge in [-0.05, 0) is 12.8 Å². The van der Waals surface area contributed by atoms with E-state index in [-0.39, 0.29) is 5.95 Å². The van der Waals surface area contributed by atoms with Crippen LogP contribution in [-0.2, 0) is 0 Å². The topological polar surface area (TPSA) is 79.1 Å². The summed E-state index contributed by atoms with van der Waals surface area (Å²) in [6.45, 7) is 2.11. The van der Waals surface area contributed by atoms with Crippen molar-refractivity contribution in [3.63, 3.8) is 0 Å². The summed E-state index contributed by atoms with van der Waals surface area (Å²) in [6, 6.07) is 1.85. The average molecular weight is 222 g/mol. The number of nitrogens with one attached hydrogen (secondary N) is 2. The van der Waals surface area contributed by atoms with Crippen molar-refractivity contribution in [2.75, 3.05) is 36.6 Å². The summed E-state index contributed by atoms with van der Waals surface area (Å²) in [6.07, 6.45) is 3.77. The van der Waals surface area contributed by atoms with Crippen molar-refractivity contribution in [1.82, 2.24) is 15.0 Å². The maximum atomic E-state index is 5.62. The third-order valence-corrected chi connectivity index (χ3v) is 2.63. The number of rotatable bonds is 3. The van der Waals surface area contributed by atoms with E-state index in [2.05, 4.69) is 25.7 Å². The molecule has 0 aliphatic carbocycles. The van der Waals surface area contributed by atoms with Crippen LogP contribution < -0.4 is 16.5 Å². The average Bonchev–Trinajstić information content (AvgIpc) is 2.29. The van der Waals surface area contributed by atoms with Crippen LogP contribution >= 0.6 is 0 Å². The Morgan fingerprint density at radius 1 is 1.19 bits per heavy atom. The highest BCUT2D eigenvalue weighted by molar-refractivity contribution is 5.50. The van der Waals surface area contributed by atoms with Crippen LogP contribution in [0.3, 0.4) is 0 Å². The Hall–Kier alpha value is -1.56. The second-order valence-corrected chi connectivity index (χ2v) is 3.91. The van der Waals surface area contributed by atoms with Gasteiger partial charge >= 0.3 is 0 Å². The Morgan fingerprint density at radius 3 is 2.56 bits per heavy atom. The van der Waals surface area contributed by atoms with E-state index in [0.717, 1.165) is 24.7 Å². The van der Waals surface area contributed by atoms with Crippen LogP contribution in [0.15, 0.2) is 6.07 Å². The van der Waals surface area contributed by atoms with Gasteiger partial charge in [0, 0.05) is 26.2 Å². The molecule has 1 aliphatic rings. The molecule has 6 heteroatoms. The lowest BCUT2D eigenvalue weighted by Crippen LogP contribution is -2.35. The van der Waals surface area contributed by atoms with Crippen molar-refractivity contribution in [1.29, 1.82) is 0 Å². The second-order valence-electron chi connectivity index (χ2n) is 3.91. The summed E-state index contributed by atoms with van der Waals surface area (Å²) in [7, 11) is 1.81. The third-order valence-electron chi connectivity index (χ3n) is 2.63. The zero-order chi connectivity index (χ0) is 11.4. The number of nitrogen functional groups attached to an aromatic ring is 1. The standard InChI is InChI=1S/C10H18N6/c1-12-8-7-9(14-10(11)13-8)15-16-5-3-2-4-6-16/h7H,2-6H2,1H3,(H4,11,12,13,14,15). The van der Waals surface area contributed by atoms with Gasteiger partial charge in [0.1, 0.15) is 11.6 Å². The maximum Gasteiger partial charge on any atom is 0.223 e. The molecule has 0 bridgehead atoms. The van der Waals surface area contributed by atoms with Crippen LogP contribution in [0.25, 0.3) is 0 Å². The molecule has 0 saturated carbocycles. The first kappa shape index (κ1) is 10.9. The van der Waals surface area contributed by atoms with Gasteiger partial charge in [-0.1, -0.05) is 6.42 Å². The lowest BCUT2D eigenvalue weighted by Gasteiger charge is -2.27. The molecular weight excluding hydrogens is 204 g/mol. The van der Waals surface area contributed by atoms with Crippen molar-refractivity contribution >= 4 is 17.6 Å². The quantitative estimate of drug-likeness (QED) is 0.705. The minimum atomic E-state index is 0.284. The van der Waals surface area contributed by atoms with Gasteiger partial charge in [0.25, 0.3) is 0 Å². The molecule has 4 N–H and O–H groups in total. The third kappa shape index (κ3) is 2.73. The minimum absolute atomic E-state index is 0.284. The highest BCUT2D eigenvalue weighted by Gasteiger charge is 2.11. The van der Waals surface area contributed by atoms with Crippen molar-refractivity contribution in [2.24, 2.45) is 0 Å². The Morgan fingerprint density at radius 2 is 1.88 bits per heavy atom. The van der Waals surface area contributed by atoms with Crippen molar-refractivity contribution < 1.29 is 0 Å². The molecule has 0 aromatic carbocycles. The number of nitrogens with zero attached hydrogens (tertiary/aromatic N) is 3.